The molecular formula is C20H31N5O6Si. The molecule has 0 amide bonds. The van der Waals surface area contributed by atoms with Gasteiger partial charge in [0.25, 0.3) is 5.56 Å². The summed E-state index contributed by atoms with van der Waals surface area (Å²) < 4.78 is 26.5. The van der Waals surface area contributed by atoms with Gasteiger partial charge in [-0.1, -0.05) is 20.8 Å². The quantitative estimate of drug-likeness (QED) is 0.578. The number of H-pyrrole nitrogens is 2. The standard InChI is InChI=1S/C20H31N5O6Si/c1-19(2,3)32(6,7)28-8-10-12-13(31-20(4,5)30-12)17(29-10)25-9-22-14(21)11-15(25)23-18(27)24-16(11)26/h9-10,12-13,17,21H,8H2,1-7H3,(H2,23,24,26,27)/t10-,12-,13-,17-/m1/s1. The van der Waals surface area contributed by atoms with Crippen LogP contribution < -0.4 is 16.7 Å². The van der Waals surface area contributed by atoms with Crippen LogP contribution in [0.1, 0.15) is 40.8 Å². The van der Waals surface area contributed by atoms with Gasteiger partial charge in [0.15, 0.2) is 25.8 Å². The zero-order valence-electron chi connectivity index (χ0n) is 19.4. The highest BCUT2D eigenvalue weighted by molar-refractivity contribution is 6.74. The number of aromatic amines is 2. The Balaban J connectivity index is 1.73. The Labute approximate surface area is 185 Å². The van der Waals surface area contributed by atoms with Crippen molar-refractivity contribution >= 4 is 19.4 Å². The number of ether oxygens (including phenoxy) is 3. The molecule has 2 aromatic rings. The molecule has 0 aromatic carbocycles. The van der Waals surface area contributed by atoms with E-state index in [0.717, 1.165) is 0 Å². The van der Waals surface area contributed by atoms with E-state index in [1.807, 2.05) is 13.8 Å². The summed E-state index contributed by atoms with van der Waals surface area (Å²) in [7, 11) is -2.03. The number of hydrogen-bond acceptors (Lipinski definition) is 8. The van der Waals surface area contributed by atoms with E-state index in [1.165, 1.54) is 10.9 Å². The van der Waals surface area contributed by atoms with Crippen molar-refractivity contribution in [3.05, 3.63) is 32.7 Å². The van der Waals surface area contributed by atoms with Crippen molar-refractivity contribution in [3.63, 3.8) is 0 Å². The van der Waals surface area contributed by atoms with Crippen molar-refractivity contribution in [1.82, 2.24) is 19.5 Å². The molecule has 2 fully saturated rings. The Hall–Kier alpha value is -2.12. The van der Waals surface area contributed by atoms with E-state index in [2.05, 4.69) is 48.8 Å². The predicted octanol–water partition coefficient (Wildman–Crippen LogP) is 1.33. The average Bonchev–Trinajstić information content (AvgIpc) is 3.12. The molecule has 4 rings (SSSR count). The maximum atomic E-state index is 12.3. The molecule has 11 nitrogen and oxygen atoms in total. The van der Waals surface area contributed by atoms with Crippen LogP contribution in [-0.4, -0.2) is 58.5 Å². The highest BCUT2D eigenvalue weighted by atomic mass is 28.4. The fourth-order valence-corrected chi connectivity index (χ4v) is 4.86. The maximum Gasteiger partial charge on any atom is 0.327 e. The molecule has 0 radical (unpaired) electrons. The number of nitrogens with one attached hydrogen (secondary N) is 3. The summed E-state index contributed by atoms with van der Waals surface area (Å²) in [5, 5.41) is 8.01. The van der Waals surface area contributed by atoms with Crippen LogP contribution in [0.25, 0.3) is 11.0 Å². The second-order valence-corrected chi connectivity index (χ2v) is 15.1. The number of rotatable bonds is 4. The summed E-state index contributed by atoms with van der Waals surface area (Å²) in [4.78, 5) is 33.1. The van der Waals surface area contributed by atoms with Gasteiger partial charge in [-0.3, -0.25) is 24.7 Å². The Morgan fingerprint density at radius 1 is 1.22 bits per heavy atom. The first-order chi connectivity index (χ1) is 14.7. The van der Waals surface area contributed by atoms with Gasteiger partial charge in [0.05, 0.1) is 6.61 Å². The van der Waals surface area contributed by atoms with Gasteiger partial charge in [-0.25, -0.2) is 9.78 Å². The van der Waals surface area contributed by atoms with Gasteiger partial charge in [-0.2, -0.15) is 0 Å². The van der Waals surface area contributed by atoms with Crippen molar-refractivity contribution in [2.45, 2.75) is 83.1 Å². The van der Waals surface area contributed by atoms with Crippen LogP contribution in [0, 0.1) is 5.41 Å². The van der Waals surface area contributed by atoms with Gasteiger partial charge < -0.3 is 18.6 Å². The first kappa shape index (κ1) is 23.0. The third-order valence-corrected chi connectivity index (χ3v) is 11.0. The lowest BCUT2D eigenvalue weighted by Gasteiger charge is -2.37. The zero-order chi connectivity index (χ0) is 23.6. The summed E-state index contributed by atoms with van der Waals surface area (Å²) in [5.74, 6) is -0.837. The van der Waals surface area contributed by atoms with E-state index in [1.54, 1.807) is 0 Å². The van der Waals surface area contributed by atoms with E-state index >= 15 is 0 Å². The summed E-state index contributed by atoms with van der Waals surface area (Å²) in [6.45, 7) is 14.8. The normalized spacial score (nSPS) is 27.7. The molecule has 0 bridgehead atoms. The van der Waals surface area contributed by atoms with E-state index in [4.69, 9.17) is 24.0 Å². The minimum Gasteiger partial charge on any atom is -0.414 e. The van der Waals surface area contributed by atoms with Crippen molar-refractivity contribution in [2.75, 3.05) is 6.61 Å². The Kier molecular flexibility index (Phi) is 5.37. The fraction of sp³-hybridized carbons (Fsp3) is 0.700. The van der Waals surface area contributed by atoms with Gasteiger partial charge in [0, 0.05) is 0 Å². The Morgan fingerprint density at radius 2 is 1.88 bits per heavy atom. The summed E-state index contributed by atoms with van der Waals surface area (Å²) >= 11 is 0. The topological polar surface area (TPSA) is 144 Å². The first-order valence-corrected chi connectivity index (χ1v) is 13.5. The molecule has 2 aliphatic heterocycles. The largest absolute Gasteiger partial charge is 0.414 e. The Bertz CT molecular complexity index is 1210. The molecule has 4 atom stereocenters. The number of fused-ring (bicyclic) bond motifs is 2. The van der Waals surface area contributed by atoms with Crippen LogP contribution in [0.3, 0.4) is 0 Å². The number of hydrogen-bond donors (Lipinski definition) is 3. The molecule has 4 heterocycles. The fourth-order valence-electron chi connectivity index (χ4n) is 3.85. The molecule has 2 aromatic heterocycles. The lowest BCUT2D eigenvalue weighted by atomic mass is 10.1. The molecular weight excluding hydrogens is 434 g/mol. The number of aromatic nitrogens is 4. The second-order valence-electron chi connectivity index (χ2n) is 10.3. The molecule has 12 heteroatoms. The smallest absolute Gasteiger partial charge is 0.327 e. The van der Waals surface area contributed by atoms with Crippen molar-refractivity contribution in [1.29, 1.82) is 5.41 Å². The Morgan fingerprint density at radius 3 is 2.53 bits per heavy atom. The number of nitrogens with zero attached hydrogens (tertiary/aromatic N) is 2. The van der Waals surface area contributed by atoms with Crippen LogP contribution >= 0.6 is 0 Å². The zero-order valence-corrected chi connectivity index (χ0v) is 20.4. The lowest BCUT2D eigenvalue weighted by molar-refractivity contribution is -0.199. The van der Waals surface area contributed by atoms with Gasteiger partial charge in [0.2, 0.25) is 0 Å². The molecule has 0 spiro atoms. The summed E-state index contributed by atoms with van der Waals surface area (Å²) in [6.07, 6.45) is -0.720. The second kappa shape index (κ2) is 7.45. The van der Waals surface area contributed by atoms with E-state index in [9.17, 15) is 9.59 Å². The maximum absolute atomic E-state index is 12.3. The molecule has 32 heavy (non-hydrogen) atoms. The van der Waals surface area contributed by atoms with E-state index in [0.29, 0.717) is 6.61 Å². The molecule has 0 aliphatic carbocycles. The molecule has 0 unspecified atom stereocenters. The molecule has 176 valence electrons. The van der Waals surface area contributed by atoms with E-state index < -0.39 is 49.9 Å². The first-order valence-electron chi connectivity index (χ1n) is 10.6. The minimum atomic E-state index is -2.03. The molecule has 2 saturated heterocycles. The van der Waals surface area contributed by atoms with Crippen LogP contribution in [0.4, 0.5) is 0 Å². The van der Waals surface area contributed by atoms with Crippen LogP contribution in [0.15, 0.2) is 15.9 Å². The van der Waals surface area contributed by atoms with Crippen LogP contribution in [-0.2, 0) is 18.6 Å². The summed E-state index contributed by atoms with van der Waals surface area (Å²) in [6, 6.07) is 0. The van der Waals surface area contributed by atoms with Gasteiger partial charge >= 0.3 is 5.69 Å². The third-order valence-electron chi connectivity index (χ3n) is 6.54. The van der Waals surface area contributed by atoms with Gasteiger partial charge in [-0.15, -0.1) is 0 Å². The van der Waals surface area contributed by atoms with Crippen LogP contribution in [0.2, 0.25) is 18.1 Å². The monoisotopic (exact) mass is 465 g/mol. The average molecular weight is 466 g/mol. The molecule has 0 saturated carbocycles. The van der Waals surface area contributed by atoms with Gasteiger partial charge in [0.1, 0.15) is 35.7 Å². The molecule has 3 N–H and O–H groups in total. The highest BCUT2D eigenvalue weighted by Gasteiger charge is 2.56. The lowest BCUT2D eigenvalue weighted by Crippen LogP contribution is -2.44. The SMILES string of the molecule is CC1(C)O[C@@H]2[C@H](O1)[C@@H](CO[Si](C)(C)C(C)(C)C)O[C@H]2n1cnc(=N)c2c(=O)[nH]c(=O)[nH]c21. The highest BCUT2D eigenvalue weighted by Crippen LogP contribution is 2.44. The van der Waals surface area contributed by atoms with Crippen molar-refractivity contribution < 1.29 is 18.6 Å². The van der Waals surface area contributed by atoms with Crippen molar-refractivity contribution in [2.24, 2.45) is 0 Å². The molecule has 2 aliphatic rings. The summed E-state index contributed by atoms with van der Waals surface area (Å²) in [5.41, 5.74) is -1.48. The van der Waals surface area contributed by atoms with E-state index in [-0.39, 0.29) is 21.6 Å². The third kappa shape index (κ3) is 3.90. The van der Waals surface area contributed by atoms with Gasteiger partial charge in [-0.05, 0) is 32.0 Å². The predicted molar refractivity (Wildman–Crippen MR) is 118 cm³/mol. The van der Waals surface area contributed by atoms with Crippen molar-refractivity contribution in [3.8, 4) is 0 Å². The van der Waals surface area contributed by atoms with Crippen LogP contribution in [0.5, 0.6) is 0 Å². The minimum absolute atomic E-state index is 0.0357.